The Morgan fingerprint density at radius 3 is 2.00 bits per heavy atom. The minimum absolute atomic E-state index is 0.325. The standard InChI is InChI=1S/C13H10F4N2/c1-6-3-4-8(5-7(6)2)18-11-9(14)12(16)19-13(17)10(11)15/h3-5H,1-2H3,(H,18,19). The van der Waals surface area contributed by atoms with Gasteiger partial charge in [0.05, 0.1) is 0 Å². The van der Waals surface area contributed by atoms with Gasteiger partial charge in [0.25, 0.3) is 11.9 Å². The first kappa shape index (κ1) is 13.3. The molecule has 0 saturated heterocycles. The molecule has 2 nitrogen and oxygen atoms in total. The number of hydrogen-bond acceptors (Lipinski definition) is 2. The van der Waals surface area contributed by atoms with Crippen LogP contribution in [0.3, 0.4) is 0 Å². The number of aryl methyl sites for hydroxylation is 2. The summed E-state index contributed by atoms with van der Waals surface area (Å²) < 4.78 is 52.7. The summed E-state index contributed by atoms with van der Waals surface area (Å²) in [6.45, 7) is 3.67. The molecule has 1 aromatic heterocycles. The molecular weight excluding hydrogens is 260 g/mol. The molecule has 6 heteroatoms. The lowest BCUT2D eigenvalue weighted by atomic mass is 10.1. The molecule has 0 aliphatic heterocycles. The number of rotatable bonds is 2. The van der Waals surface area contributed by atoms with E-state index in [1.165, 1.54) is 0 Å². The highest BCUT2D eigenvalue weighted by atomic mass is 19.2. The quantitative estimate of drug-likeness (QED) is 0.659. The fraction of sp³-hybridized carbons (Fsp3) is 0.154. The summed E-state index contributed by atoms with van der Waals surface area (Å²) in [4.78, 5) is 2.48. The number of aromatic nitrogens is 1. The molecule has 0 spiro atoms. The zero-order valence-electron chi connectivity index (χ0n) is 10.2. The smallest absolute Gasteiger partial charge is 0.253 e. The van der Waals surface area contributed by atoms with E-state index in [1.807, 2.05) is 6.92 Å². The predicted molar refractivity (Wildman–Crippen MR) is 63.3 cm³/mol. The van der Waals surface area contributed by atoms with Crippen LogP contribution in [0.4, 0.5) is 28.9 Å². The van der Waals surface area contributed by atoms with Gasteiger partial charge in [0, 0.05) is 5.69 Å². The molecule has 0 atom stereocenters. The highest BCUT2D eigenvalue weighted by Crippen LogP contribution is 2.26. The highest BCUT2D eigenvalue weighted by molar-refractivity contribution is 5.61. The topological polar surface area (TPSA) is 24.9 Å². The Morgan fingerprint density at radius 1 is 0.895 bits per heavy atom. The van der Waals surface area contributed by atoms with Gasteiger partial charge in [-0.15, -0.1) is 0 Å². The minimum atomic E-state index is -1.69. The second-order valence-corrected chi connectivity index (χ2v) is 4.12. The first-order valence-electron chi connectivity index (χ1n) is 5.44. The van der Waals surface area contributed by atoms with Crippen molar-refractivity contribution in [1.29, 1.82) is 0 Å². The summed E-state index contributed by atoms with van der Waals surface area (Å²) in [5.74, 6) is -6.50. The van der Waals surface area contributed by atoms with Crippen LogP contribution in [0.2, 0.25) is 0 Å². The van der Waals surface area contributed by atoms with Crippen molar-refractivity contribution in [2.45, 2.75) is 13.8 Å². The maximum atomic E-state index is 13.4. The van der Waals surface area contributed by atoms with Crippen LogP contribution in [0.15, 0.2) is 18.2 Å². The number of anilines is 2. The summed E-state index contributed by atoms with van der Waals surface area (Å²) in [6, 6.07) is 4.89. The van der Waals surface area contributed by atoms with Gasteiger partial charge < -0.3 is 5.32 Å². The number of nitrogens with zero attached hydrogens (tertiary/aromatic N) is 1. The van der Waals surface area contributed by atoms with Gasteiger partial charge in [0.2, 0.25) is 11.6 Å². The van der Waals surface area contributed by atoms with Gasteiger partial charge in [-0.1, -0.05) is 6.07 Å². The van der Waals surface area contributed by atoms with E-state index in [1.54, 1.807) is 25.1 Å². The van der Waals surface area contributed by atoms with Crippen LogP contribution in [0, 0.1) is 37.4 Å². The molecule has 19 heavy (non-hydrogen) atoms. The average molecular weight is 270 g/mol. The molecule has 1 heterocycles. The number of hydrogen-bond donors (Lipinski definition) is 1. The van der Waals surface area contributed by atoms with Gasteiger partial charge in [-0.05, 0) is 37.1 Å². The van der Waals surface area contributed by atoms with Crippen molar-refractivity contribution >= 4 is 11.4 Å². The van der Waals surface area contributed by atoms with E-state index in [0.29, 0.717) is 5.69 Å². The van der Waals surface area contributed by atoms with Crippen molar-refractivity contribution in [2.24, 2.45) is 0 Å². The largest absolute Gasteiger partial charge is 0.350 e. The van der Waals surface area contributed by atoms with Crippen molar-refractivity contribution < 1.29 is 17.6 Å². The molecule has 2 aromatic rings. The van der Waals surface area contributed by atoms with Crippen molar-refractivity contribution in [3.63, 3.8) is 0 Å². The van der Waals surface area contributed by atoms with Gasteiger partial charge >= 0.3 is 0 Å². The summed E-state index contributed by atoms with van der Waals surface area (Å²) in [7, 11) is 0. The Kier molecular flexibility index (Phi) is 3.42. The molecule has 0 amide bonds. The number of pyridine rings is 1. The lowest BCUT2D eigenvalue weighted by Gasteiger charge is -2.10. The number of halogens is 4. The number of nitrogens with one attached hydrogen (secondary N) is 1. The molecule has 0 aliphatic carbocycles. The van der Waals surface area contributed by atoms with Crippen LogP contribution in [-0.2, 0) is 0 Å². The molecule has 0 aliphatic rings. The van der Waals surface area contributed by atoms with Crippen molar-refractivity contribution in [3.05, 3.63) is 52.9 Å². The third-order valence-electron chi connectivity index (χ3n) is 2.77. The molecule has 1 aromatic carbocycles. The summed E-state index contributed by atoms with van der Waals surface area (Å²) in [5, 5.41) is 2.32. The molecule has 2 rings (SSSR count). The van der Waals surface area contributed by atoms with Crippen molar-refractivity contribution in [3.8, 4) is 0 Å². The van der Waals surface area contributed by atoms with E-state index in [2.05, 4.69) is 10.3 Å². The van der Waals surface area contributed by atoms with E-state index in [-0.39, 0.29) is 0 Å². The summed E-state index contributed by atoms with van der Waals surface area (Å²) in [6.07, 6.45) is 0. The maximum Gasteiger partial charge on any atom is 0.253 e. The van der Waals surface area contributed by atoms with E-state index in [9.17, 15) is 17.6 Å². The zero-order chi connectivity index (χ0) is 14.2. The van der Waals surface area contributed by atoms with E-state index in [4.69, 9.17) is 0 Å². The minimum Gasteiger partial charge on any atom is -0.350 e. The predicted octanol–water partition coefficient (Wildman–Crippen LogP) is 4.00. The van der Waals surface area contributed by atoms with Crippen LogP contribution in [0.5, 0.6) is 0 Å². The second kappa shape index (κ2) is 4.87. The van der Waals surface area contributed by atoms with E-state index in [0.717, 1.165) is 11.1 Å². The molecule has 0 bridgehead atoms. The van der Waals surface area contributed by atoms with E-state index >= 15 is 0 Å². The lowest BCUT2D eigenvalue weighted by molar-refractivity contribution is 0.411. The Balaban J connectivity index is 2.46. The highest BCUT2D eigenvalue weighted by Gasteiger charge is 2.20. The zero-order valence-corrected chi connectivity index (χ0v) is 10.2. The molecule has 0 saturated carbocycles. The van der Waals surface area contributed by atoms with Crippen molar-refractivity contribution in [1.82, 2.24) is 4.98 Å². The van der Waals surface area contributed by atoms with Gasteiger partial charge in [-0.25, -0.2) is 0 Å². The third-order valence-corrected chi connectivity index (χ3v) is 2.77. The maximum absolute atomic E-state index is 13.4. The first-order valence-corrected chi connectivity index (χ1v) is 5.44. The Morgan fingerprint density at radius 2 is 1.47 bits per heavy atom. The summed E-state index contributed by atoms with van der Waals surface area (Å²) in [5.41, 5.74) is 1.29. The Labute approximate surface area is 107 Å². The van der Waals surface area contributed by atoms with Gasteiger partial charge in [-0.2, -0.15) is 22.5 Å². The SMILES string of the molecule is Cc1ccc(Nc2c(F)c(F)nc(F)c2F)cc1C. The molecule has 1 N–H and O–H groups in total. The Bertz CT molecular complexity index is 615. The molecule has 0 radical (unpaired) electrons. The van der Waals surface area contributed by atoms with Crippen LogP contribution in [0.25, 0.3) is 0 Å². The molecule has 100 valence electrons. The molecule has 0 fully saturated rings. The van der Waals surface area contributed by atoms with Gasteiger partial charge in [0.15, 0.2) is 0 Å². The summed E-state index contributed by atoms with van der Waals surface area (Å²) >= 11 is 0. The van der Waals surface area contributed by atoms with Gasteiger partial charge in [0.1, 0.15) is 5.69 Å². The third kappa shape index (κ3) is 2.52. The van der Waals surface area contributed by atoms with Crippen LogP contribution >= 0.6 is 0 Å². The molecular formula is C13H10F4N2. The Hall–Kier alpha value is -2.11. The second-order valence-electron chi connectivity index (χ2n) is 4.12. The fourth-order valence-corrected chi connectivity index (χ4v) is 1.56. The van der Waals surface area contributed by atoms with Crippen LogP contribution < -0.4 is 5.32 Å². The molecule has 0 unspecified atom stereocenters. The fourth-order valence-electron chi connectivity index (χ4n) is 1.56. The van der Waals surface area contributed by atoms with Crippen molar-refractivity contribution in [2.75, 3.05) is 5.32 Å². The van der Waals surface area contributed by atoms with E-state index < -0.39 is 29.2 Å². The van der Waals surface area contributed by atoms with Crippen LogP contribution in [-0.4, -0.2) is 4.98 Å². The normalized spacial score (nSPS) is 10.6. The van der Waals surface area contributed by atoms with Crippen LogP contribution in [0.1, 0.15) is 11.1 Å². The lowest BCUT2D eigenvalue weighted by Crippen LogP contribution is -2.06. The number of benzene rings is 1. The van der Waals surface area contributed by atoms with Gasteiger partial charge in [-0.3, -0.25) is 0 Å². The monoisotopic (exact) mass is 270 g/mol. The average Bonchev–Trinajstić information content (AvgIpc) is 2.36. The first-order chi connectivity index (χ1) is 8.90.